The Morgan fingerprint density at radius 2 is 2.04 bits per heavy atom. The van der Waals surface area contributed by atoms with Gasteiger partial charge in [-0.25, -0.2) is 4.39 Å². The molecule has 2 aliphatic heterocycles. The fourth-order valence-electron chi connectivity index (χ4n) is 3.83. The van der Waals surface area contributed by atoms with Gasteiger partial charge in [-0.15, -0.1) is 0 Å². The molecule has 2 amide bonds. The first kappa shape index (κ1) is 19.3. The number of carbonyl (C=O) groups excluding carboxylic acids is 3. The van der Waals surface area contributed by atoms with Crippen molar-refractivity contribution in [3.8, 4) is 0 Å². The summed E-state index contributed by atoms with van der Waals surface area (Å²) in [6.45, 7) is 5.00. The number of likely N-dealkylation sites (tertiary alicyclic amines) is 1. The summed E-state index contributed by atoms with van der Waals surface area (Å²) < 4.78 is 19.2. The molecule has 0 saturated carbocycles. The van der Waals surface area contributed by atoms with Crippen molar-refractivity contribution >= 4 is 23.5 Å². The standard InChI is InChI=1S/C20H25FN2O4/c1-3-27-20(26)14-5-4-9-22(12-14)18(24)15-8-10-23(19(15)25)17-11-13(2)6-7-16(17)21/h6-7,11,14-15H,3-5,8-10,12H2,1-2H3. The van der Waals surface area contributed by atoms with Crippen LogP contribution in [0.15, 0.2) is 18.2 Å². The first-order valence-corrected chi connectivity index (χ1v) is 9.45. The Bertz CT molecular complexity index is 751. The van der Waals surface area contributed by atoms with E-state index < -0.39 is 11.7 Å². The van der Waals surface area contributed by atoms with Crippen LogP contribution in [-0.2, 0) is 19.1 Å². The van der Waals surface area contributed by atoms with Gasteiger partial charge in [0.25, 0.3) is 0 Å². The lowest BCUT2D eigenvalue weighted by molar-refractivity contribution is -0.152. The molecule has 2 fully saturated rings. The molecule has 0 bridgehead atoms. The molecule has 0 radical (unpaired) electrons. The van der Waals surface area contributed by atoms with Gasteiger partial charge in [-0.1, -0.05) is 6.07 Å². The van der Waals surface area contributed by atoms with Crippen molar-refractivity contribution in [2.45, 2.75) is 33.1 Å². The Hall–Kier alpha value is -2.44. The van der Waals surface area contributed by atoms with Crippen molar-refractivity contribution in [3.63, 3.8) is 0 Å². The molecule has 2 atom stereocenters. The molecule has 2 heterocycles. The van der Waals surface area contributed by atoms with E-state index in [1.54, 1.807) is 24.0 Å². The minimum Gasteiger partial charge on any atom is -0.466 e. The van der Waals surface area contributed by atoms with Gasteiger partial charge >= 0.3 is 5.97 Å². The van der Waals surface area contributed by atoms with Crippen molar-refractivity contribution < 1.29 is 23.5 Å². The largest absolute Gasteiger partial charge is 0.466 e. The molecule has 1 aromatic carbocycles. The maximum Gasteiger partial charge on any atom is 0.310 e. The molecular weight excluding hydrogens is 351 g/mol. The maximum absolute atomic E-state index is 14.1. The highest BCUT2D eigenvalue weighted by Gasteiger charge is 2.42. The number of hydrogen-bond donors (Lipinski definition) is 0. The number of esters is 1. The van der Waals surface area contributed by atoms with Crippen LogP contribution in [0, 0.1) is 24.6 Å². The van der Waals surface area contributed by atoms with Crippen LogP contribution in [0.5, 0.6) is 0 Å². The van der Waals surface area contributed by atoms with Crippen LogP contribution in [0.25, 0.3) is 0 Å². The lowest BCUT2D eigenvalue weighted by Crippen LogP contribution is -2.47. The Kier molecular flexibility index (Phi) is 5.77. The minimum absolute atomic E-state index is 0.221. The topological polar surface area (TPSA) is 66.9 Å². The monoisotopic (exact) mass is 376 g/mol. The number of piperidine rings is 1. The second-order valence-corrected chi connectivity index (χ2v) is 7.16. The summed E-state index contributed by atoms with van der Waals surface area (Å²) in [5, 5.41) is 0. The van der Waals surface area contributed by atoms with Crippen molar-refractivity contribution in [2.24, 2.45) is 11.8 Å². The number of hydrogen-bond acceptors (Lipinski definition) is 4. The molecule has 6 nitrogen and oxygen atoms in total. The fourth-order valence-corrected chi connectivity index (χ4v) is 3.83. The summed E-state index contributed by atoms with van der Waals surface area (Å²) >= 11 is 0. The van der Waals surface area contributed by atoms with E-state index in [0.29, 0.717) is 39.0 Å². The normalized spacial score (nSPS) is 22.9. The lowest BCUT2D eigenvalue weighted by atomic mass is 9.96. The van der Waals surface area contributed by atoms with E-state index in [4.69, 9.17) is 4.74 Å². The van der Waals surface area contributed by atoms with Crippen LogP contribution < -0.4 is 4.90 Å². The number of halogens is 1. The third-order valence-electron chi connectivity index (χ3n) is 5.25. The number of benzene rings is 1. The predicted octanol–water partition coefficient (Wildman–Crippen LogP) is 2.29. The number of aryl methyl sites for hydroxylation is 1. The number of ether oxygens (including phenoxy) is 1. The molecular formula is C20H25FN2O4. The van der Waals surface area contributed by atoms with E-state index >= 15 is 0 Å². The predicted molar refractivity (Wildman–Crippen MR) is 97.5 cm³/mol. The molecule has 146 valence electrons. The number of anilines is 1. The number of rotatable bonds is 4. The Morgan fingerprint density at radius 3 is 2.78 bits per heavy atom. The molecule has 7 heteroatoms. The van der Waals surface area contributed by atoms with E-state index in [2.05, 4.69) is 0 Å². The van der Waals surface area contributed by atoms with Crippen LogP contribution in [0.2, 0.25) is 0 Å². The van der Waals surface area contributed by atoms with E-state index in [9.17, 15) is 18.8 Å². The van der Waals surface area contributed by atoms with Gasteiger partial charge < -0.3 is 14.5 Å². The van der Waals surface area contributed by atoms with Gasteiger partial charge in [0.2, 0.25) is 11.8 Å². The van der Waals surface area contributed by atoms with Crippen molar-refractivity contribution in [1.82, 2.24) is 4.90 Å². The summed E-state index contributed by atoms with van der Waals surface area (Å²) in [6, 6.07) is 4.60. The Labute approximate surface area is 158 Å². The van der Waals surface area contributed by atoms with E-state index in [1.807, 2.05) is 6.92 Å². The first-order valence-electron chi connectivity index (χ1n) is 9.45. The molecule has 0 aromatic heterocycles. The molecule has 3 rings (SSSR count). The van der Waals surface area contributed by atoms with Crippen LogP contribution in [0.1, 0.15) is 31.7 Å². The van der Waals surface area contributed by atoms with Crippen molar-refractivity contribution in [1.29, 1.82) is 0 Å². The van der Waals surface area contributed by atoms with E-state index in [0.717, 1.165) is 5.56 Å². The zero-order valence-corrected chi connectivity index (χ0v) is 15.7. The van der Waals surface area contributed by atoms with E-state index in [1.165, 1.54) is 11.0 Å². The number of carbonyl (C=O) groups is 3. The molecule has 2 aliphatic rings. The van der Waals surface area contributed by atoms with Crippen LogP contribution in [-0.4, -0.2) is 48.9 Å². The SMILES string of the molecule is CCOC(=O)C1CCCN(C(=O)C2CCN(c3cc(C)ccc3F)C2=O)C1. The highest BCUT2D eigenvalue weighted by molar-refractivity contribution is 6.09. The Balaban J connectivity index is 1.70. The number of amides is 2. The van der Waals surface area contributed by atoms with Crippen LogP contribution in [0.4, 0.5) is 10.1 Å². The highest BCUT2D eigenvalue weighted by Crippen LogP contribution is 2.30. The van der Waals surface area contributed by atoms with Crippen molar-refractivity contribution in [3.05, 3.63) is 29.6 Å². The van der Waals surface area contributed by atoms with Gasteiger partial charge in [-0.05, 0) is 50.8 Å². The molecule has 1 aromatic rings. The Morgan fingerprint density at radius 1 is 1.26 bits per heavy atom. The molecule has 0 N–H and O–H groups in total. The second-order valence-electron chi connectivity index (χ2n) is 7.16. The van der Waals surface area contributed by atoms with E-state index in [-0.39, 0.29) is 35.9 Å². The highest BCUT2D eigenvalue weighted by atomic mass is 19.1. The quantitative estimate of drug-likeness (QED) is 0.597. The maximum atomic E-state index is 14.1. The smallest absolute Gasteiger partial charge is 0.310 e. The molecule has 27 heavy (non-hydrogen) atoms. The third-order valence-corrected chi connectivity index (χ3v) is 5.25. The summed E-state index contributed by atoms with van der Waals surface area (Å²) in [4.78, 5) is 40.6. The third kappa shape index (κ3) is 3.96. The summed E-state index contributed by atoms with van der Waals surface area (Å²) in [5.74, 6) is -2.57. The van der Waals surface area contributed by atoms with Gasteiger partial charge in [-0.2, -0.15) is 0 Å². The van der Waals surface area contributed by atoms with Gasteiger partial charge in [0, 0.05) is 19.6 Å². The summed E-state index contributed by atoms with van der Waals surface area (Å²) in [7, 11) is 0. The fraction of sp³-hybridized carbons (Fsp3) is 0.550. The average molecular weight is 376 g/mol. The van der Waals surface area contributed by atoms with Crippen LogP contribution >= 0.6 is 0 Å². The summed E-state index contributed by atoms with van der Waals surface area (Å²) in [6.07, 6.45) is 1.74. The average Bonchev–Trinajstić information content (AvgIpc) is 3.04. The lowest BCUT2D eigenvalue weighted by Gasteiger charge is -2.32. The molecule has 2 unspecified atom stereocenters. The van der Waals surface area contributed by atoms with Gasteiger partial charge in [0.15, 0.2) is 0 Å². The molecule has 2 saturated heterocycles. The van der Waals surface area contributed by atoms with Gasteiger partial charge in [0.05, 0.1) is 18.2 Å². The molecule has 0 spiro atoms. The summed E-state index contributed by atoms with van der Waals surface area (Å²) in [5.41, 5.74) is 1.07. The minimum atomic E-state index is -0.814. The second kappa shape index (κ2) is 8.06. The van der Waals surface area contributed by atoms with Gasteiger partial charge in [-0.3, -0.25) is 14.4 Å². The van der Waals surface area contributed by atoms with Crippen LogP contribution in [0.3, 0.4) is 0 Å². The zero-order chi connectivity index (χ0) is 19.6. The van der Waals surface area contributed by atoms with Crippen molar-refractivity contribution in [2.75, 3.05) is 31.1 Å². The number of nitrogens with zero attached hydrogens (tertiary/aromatic N) is 2. The van der Waals surface area contributed by atoms with Gasteiger partial charge in [0.1, 0.15) is 11.7 Å². The molecule has 0 aliphatic carbocycles. The zero-order valence-electron chi connectivity index (χ0n) is 15.7. The first-order chi connectivity index (χ1) is 12.9.